The number of imidazole rings is 1. The number of aryl methyl sites for hydroxylation is 2. The van der Waals surface area contributed by atoms with Gasteiger partial charge in [0.05, 0.1) is 11.1 Å². The SMILES string of the molecule is Cc1nc(Oc2ccc(NC(=O)c3ccccc3C(F)(F)F)cc2)cc(-n2ccnc2C)n1. The van der Waals surface area contributed by atoms with Crippen LogP contribution in [-0.4, -0.2) is 25.4 Å². The third kappa shape index (κ3) is 5.00. The lowest BCUT2D eigenvalue weighted by Gasteiger charge is -2.13. The zero-order valence-electron chi connectivity index (χ0n) is 17.6. The number of anilines is 1. The molecule has 0 unspecified atom stereocenters. The molecule has 7 nitrogen and oxygen atoms in total. The second-order valence-corrected chi connectivity index (χ2v) is 7.08. The summed E-state index contributed by atoms with van der Waals surface area (Å²) in [5, 5.41) is 2.47. The summed E-state index contributed by atoms with van der Waals surface area (Å²) < 4.78 is 47.1. The second-order valence-electron chi connectivity index (χ2n) is 7.08. The molecule has 0 saturated carbocycles. The van der Waals surface area contributed by atoms with E-state index in [1.54, 1.807) is 42.1 Å². The molecule has 0 radical (unpaired) electrons. The zero-order chi connectivity index (χ0) is 23.6. The van der Waals surface area contributed by atoms with Gasteiger partial charge in [0.25, 0.3) is 5.91 Å². The standard InChI is InChI=1S/C23H18F3N5O2/c1-14-28-20(31-12-11-27-15(31)2)13-21(29-14)33-17-9-7-16(8-10-17)30-22(32)18-5-3-4-6-19(18)23(24,25)26/h3-13H,1-2H3,(H,30,32). The maximum Gasteiger partial charge on any atom is 0.417 e. The number of amides is 1. The van der Waals surface area contributed by atoms with Crippen molar-refractivity contribution in [2.75, 3.05) is 5.32 Å². The molecule has 0 aliphatic rings. The van der Waals surface area contributed by atoms with Gasteiger partial charge in [-0.1, -0.05) is 12.1 Å². The summed E-state index contributed by atoms with van der Waals surface area (Å²) in [4.78, 5) is 25.2. The van der Waals surface area contributed by atoms with Crippen molar-refractivity contribution in [3.63, 3.8) is 0 Å². The maximum atomic E-state index is 13.2. The van der Waals surface area contributed by atoms with Gasteiger partial charge in [-0.15, -0.1) is 0 Å². The molecule has 0 saturated heterocycles. The summed E-state index contributed by atoms with van der Waals surface area (Å²) >= 11 is 0. The van der Waals surface area contributed by atoms with Gasteiger partial charge in [-0.05, 0) is 50.2 Å². The summed E-state index contributed by atoms with van der Waals surface area (Å²) in [5.74, 6) is 1.73. The summed E-state index contributed by atoms with van der Waals surface area (Å²) in [7, 11) is 0. The lowest BCUT2D eigenvalue weighted by atomic mass is 10.1. The van der Waals surface area contributed by atoms with Crippen LogP contribution in [0.15, 0.2) is 67.0 Å². The molecule has 4 aromatic rings. The van der Waals surface area contributed by atoms with Gasteiger partial charge in [0, 0.05) is 24.1 Å². The normalized spacial score (nSPS) is 11.3. The molecule has 0 bridgehead atoms. The Morgan fingerprint density at radius 3 is 2.42 bits per heavy atom. The highest BCUT2D eigenvalue weighted by molar-refractivity contribution is 6.05. The Balaban J connectivity index is 1.50. The lowest BCUT2D eigenvalue weighted by Crippen LogP contribution is -2.18. The van der Waals surface area contributed by atoms with Crippen molar-refractivity contribution in [2.24, 2.45) is 0 Å². The van der Waals surface area contributed by atoms with E-state index >= 15 is 0 Å². The zero-order valence-corrected chi connectivity index (χ0v) is 17.6. The van der Waals surface area contributed by atoms with Crippen LogP contribution >= 0.6 is 0 Å². The quantitative estimate of drug-likeness (QED) is 0.441. The largest absolute Gasteiger partial charge is 0.439 e. The number of hydrogen-bond donors (Lipinski definition) is 1. The number of nitrogens with one attached hydrogen (secondary N) is 1. The Kier molecular flexibility index (Phi) is 5.82. The predicted octanol–water partition coefficient (Wildman–Crippen LogP) is 5.34. The Labute approximate surface area is 186 Å². The molecule has 10 heteroatoms. The molecule has 0 aliphatic heterocycles. The van der Waals surface area contributed by atoms with Gasteiger partial charge in [0.1, 0.15) is 23.2 Å². The van der Waals surface area contributed by atoms with Crippen LogP contribution < -0.4 is 10.1 Å². The summed E-state index contributed by atoms with van der Waals surface area (Å²) in [6, 6.07) is 12.5. The fourth-order valence-corrected chi connectivity index (χ4v) is 3.17. The predicted molar refractivity (Wildman–Crippen MR) is 115 cm³/mol. The monoisotopic (exact) mass is 453 g/mol. The molecule has 2 aromatic heterocycles. The van der Waals surface area contributed by atoms with Crippen LogP contribution in [0.5, 0.6) is 11.6 Å². The van der Waals surface area contributed by atoms with Gasteiger partial charge in [-0.25, -0.2) is 9.97 Å². The van der Waals surface area contributed by atoms with Crippen LogP contribution in [0.1, 0.15) is 27.6 Å². The first kappa shape index (κ1) is 22.0. The number of benzene rings is 2. The van der Waals surface area contributed by atoms with E-state index in [1.165, 1.54) is 24.3 Å². The van der Waals surface area contributed by atoms with E-state index in [-0.39, 0.29) is 0 Å². The molecule has 0 spiro atoms. The van der Waals surface area contributed by atoms with Crippen molar-refractivity contribution in [3.8, 4) is 17.4 Å². The fraction of sp³-hybridized carbons (Fsp3) is 0.130. The van der Waals surface area contributed by atoms with Gasteiger partial charge < -0.3 is 10.1 Å². The average Bonchev–Trinajstić information content (AvgIpc) is 3.20. The molecule has 2 heterocycles. The number of alkyl halides is 3. The lowest BCUT2D eigenvalue weighted by molar-refractivity contribution is -0.137. The van der Waals surface area contributed by atoms with Crippen molar-refractivity contribution in [1.82, 2.24) is 19.5 Å². The molecule has 0 fully saturated rings. The average molecular weight is 453 g/mol. The minimum Gasteiger partial charge on any atom is -0.439 e. The van der Waals surface area contributed by atoms with E-state index < -0.39 is 23.2 Å². The van der Waals surface area contributed by atoms with E-state index in [0.717, 1.165) is 18.0 Å². The third-order valence-electron chi connectivity index (χ3n) is 4.69. The second kappa shape index (κ2) is 8.73. The molecule has 1 N–H and O–H groups in total. The van der Waals surface area contributed by atoms with Crippen molar-refractivity contribution in [3.05, 3.63) is 89.8 Å². The number of carbonyl (C=O) groups is 1. The number of halogens is 3. The number of rotatable bonds is 5. The van der Waals surface area contributed by atoms with E-state index in [2.05, 4.69) is 20.3 Å². The van der Waals surface area contributed by atoms with E-state index in [0.29, 0.717) is 29.0 Å². The Bertz CT molecular complexity index is 1300. The number of carbonyl (C=O) groups excluding carboxylic acids is 1. The molecule has 2 aromatic carbocycles. The first-order chi connectivity index (χ1) is 15.7. The fourth-order valence-electron chi connectivity index (χ4n) is 3.17. The van der Waals surface area contributed by atoms with Crippen LogP contribution in [0.25, 0.3) is 5.82 Å². The van der Waals surface area contributed by atoms with Gasteiger partial charge in [0.2, 0.25) is 5.88 Å². The smallest absolute Gasteiger partial charge is 0.417 e. The minimum atomic E-state index is -4.63. The summed E-state index contributed by atoms with van der Waals surface area (Å²) in [6.45, 7) is 3.58. The van der Waals surface area contributed by atoms with Crippen LogP contribution in [0.4, 0.5) is 18.9 Å². The van der Waals surface area contributed by atoms with Crippen LogP contribution in [0.2, 0.25) is 0 Å². The molecular weight excluding hydrogens is 435 g/mol. The molecule has 33 heavy (non-hydrogen) atoms. The van der Waals surface area contributed by atoms with Crippen molar-refractivity contribution in [2.45, 2.75) is 20.0 Å². The molecule has 0 aliphatic carbocycles. The van der Waals surface area contributed by atoms with E-state index in [9.17, 15) is 18.0 Å². The number of hydrogen-bond acceptors (Lipinski definition) is 5. The Morgan fingerprint density at radius 1 is 1.03 bits per heavy atom. The highest BCUT2D eigenvalue weighted by Crippen LogP contribution is 2.32. The summed E-state index contributed by atoms with van der Waals surface area (Å²) in [6.07, 6.45) is -1.20. The summed E-state index contributed by atoms with van der Waals surface area (Å²) in [5.41, 5.74) is -1.13. The molecule has 168 valence electrons. The number of ether oxygens (including phenoxy) is 1. The third-order valence-corrected chi connectivity index (χ3v) is 4.69. The van der Waals surface area contributed by atoms with Gasteiger partial charge >= 0.3 is 6.18 Å². The highest BCUT2D eigenvalue weighted by Gasteiger charge is 2.34. The van der Waals surface area contributed by atoms with Gasteiger partial charge in [-0.2, -0.15) is 18.2 Å². The maximum absolute atomic E-state index is 13.2. The molecule has 4 rings (SSSR count). The van der Waals surface area contributed by atoms with E-state index in [1.807, 2.05) is 6.92 Å². The number of nitrogens with zero attached hydrogens (tertiary/aromatic N) is 4. The van der Waals surface area contributed by atoms with Crippen LogP contribution in [-0.2, 0) is 6.18 Å². The first-order valence-electron chi connectivity index (χ1n) is 9.82. The molecule has 1 amide bonds. The topological polar surface area (TPSA) is 81.9 Å². The van der Waals surface area contributed by atoms with Crippen LogP contribution in [0, 0.1) is 13.8 Å². The van der Waals surface area contributed by atoms with Crippen molar-refractivity contribution in [1.29, 1.82) is 0 Å². The van der Waals surface area contributed by atoms with Crippen LogP contribution in [0.3, 0.4) is 0 Å². The Morgan fingerprint density at radius 2 is 1.76 bits per heavy atom. The number of aromatic nitrogens is 4. The van der Waals surface area contributed by atoms with E-state index in [4.69, 9.17) is 4.74 Å². The van der Waals surface area contributed by atoms with Gasteiger partial charge in [0.15, 0.2) is 0 Å². The first-order valence-corrected chi connectivity index (χ1v) is 9.82. The van der Waals surface area contributed by atoms with Crippen molar-refractivity contribution >= 4 is 11.6 Å². The highest BCUT2D eigenvalue weighted by atomic mass is 19.4. The molecular formula is C23H18F3N5O2. The van der Waals surface area contributed by atoms with Crippen molar-refractivity contribution < 1.29 is 22.7 Å². The molecule has 0 atom stereocenters. The van der Waals surface area contributed by atoms with Gasteiger partial charge in [-0.3, -0.25) is 9.36 Å². The minimum absolute atomic E-state index is 0.307. The Hall–Kier alpha value is -4.21.